The van der Waals surface area contributed by atoms with Gasteiger partial charge in [0.25, 0.3) is 5.91 Å². The number of halogens is 1. The highest BCUT2D eigenvalue weighted by atomic mass is 32.1. The van der Waals surface area contributed by atoms with Crippen LogP contribution in [-0.2, 0) is 4.79 Å². The van der Waals surface area contributed by atoms with Crippen LogP contribution in [0.4, 0.5) is 15.8 Å². The van der Waals surface area contributed by atoms with Crippen LogP contribution in [0.1, 0.15) is 23.0 Å². The van der Waals surface area contributed by atoms with E-state index in [9.17, 15) is 14.0 Å². The summed E-state index contributed by atoms with van der Waals surface area (Å²) in [5.74, 6) is -0.615. The zero-order chi connectivity index (χ0) is 18.5. The zero-order valence-electron chi connectivity index (χ0n) is 14.1. The van der Waals surface area contributed by atoms with E-state index in [4.69, 9.17) is 0 Å². The van der Waals surface area contributed by atoms with E-state index in [2.05, 4.69) is 10.6 Å². The second-order valence-electron chi connectivity index (χ2n) is 5.61. The molecular formula is C20H17FN2O2S. The lowest BCUT2D eigenvalue weighted by atomic mass is 10.2. The van der Waals surface area contributed by atoms with Crippen LogP contribution in [0.15, 0.2) is 60.7 Å². The van der Waals surface area contributed by atoms with E-state index < -0.39 is 0 Å². The highest BCUT2D eigenvalue weighted by Gasteiger charge is 2.11. The van der Waals surface area contributed by atoms with Crippen molar-refractivity contribution < 1.29 is 14.0 Å². The fourth-order valence-electron chi connectivity index (χ4n) is 2.35. The van der Waals surface area contributed by atoms with Crippen molar-refractivity contribution >= 4 is 34.5 Å². The largest absolute Gasteiger partial charge is 0.326 e. The molecule has 6 heteroatoms. The maximum atomic E-state index is 13.0. The maximum Gasteiger partial charge on any atom is 0.265 e. The number of carbonyl (C=O) groups excluding carboxylic acids is 2. The highest BCUT2D eigenvalue weighted by Crippen LogP contribution is 2.29. The Hall–Kier alpha value is -2.99. The summed E-state index contributed by atoms with van der Waals surface area (Å²) < 4.78 is 13.0. The van der Waals surface area contributed by atoms with Crippen LogP contribution in [0, 0.1) is 5.82 Å². The Morgan fingerprint density at radius 2 is 1.65 bits per heavy atom. The number of anilines is 2. The summed E-state index contributed by atoms with van der Waals surface area (Å²) in [5, 5.41) is 5.58. The Morgan fingerprint density at radius 3 is 2.35 bits per heavy atom. The van der Waals surface area contributed by atoms with Gasteiger partial charge < -0.3 is 10.6 Å². The minimum Gasteiger partial charge on any atom is -0.326 e. The molecule has 1 aromatic heterocycles. The van der Waals surface area contributed by atoms with Crippen molar-refractivity contribution in [1.82, 2.24) is 0 Å². The SMILES string of the molecule is CCC(=O)Nc1cccc(NC(=O)c2ccc(-c3ccc(F)cc3)s2)c1. The summed E-state index contributed by atoms with van der Waals surface area (Å²) in [6.07, 6.45) is 0.387. The molecule has 4 nitrogen and oxygen atoms in total. The van der Waals surface area contributed by atoms with Gasteiger partial charge in [-0.05, 0) is 48.0 Å². The molecule has 0 aliphatic heterocycles. The first kappa shape index (κ1) is 17.8. The third kappa shape index (κ3) is 4.34. The average molecular weight is 368 g/mol. The molecule has 0 unspecified atom stereocenters. The predicted molar refractivity (Wildman–Crippen MR) is 103 cm³/mol. The second kappa shape index (κ2) is 7.93. The molecule has 0 bridgehead atoms. The minimum absolute atomic E-state index is 0.0873. The van der Waals surface area contributed by atoms with E-state index in [1.54, 1.807) is 49.4 Å². The van der Waals surface area contributed by atoms with Gasteiger partial charge >= 0.3 is 0 Å². The van der Waals surface area contributed by atoms with Crippen molar-refractivity contribution in [2.24, 2.45) is 0 Å². The summed E-state index contributed by atoms with van der Waals surface area (Å²) in [6, 6.07) is 16.7. The molecule has 0 atom stereocenters. The van der Waals surface area contributed by atoms with E-state index in [1.165, 1.54) is 23.5 Å². The maximum absolute atomic E-state index is 13.0. The van der Waals surface area contributed by atoms with Gasteiger partial charge in [0.1, 0.15) is 5.82 Å². The molecule has 0 saturated heterocycles. The quantitative estimate of drug-likeness (QED) is 0.654. The highest BCUT2D eigenvalue weighted by molar-refractivity contribution is 7.17. The molecule has 2 aromatic carbocycles. The van der Waals surface area contributed by atoms with Crippen LogP contribution in [-0.4, -0.2) is 11.8 Å². The number of amides is 2. The van der Waals surface area contributed by atoms with Gasteiger partial charge in [-0.25, -0.2) is 4.39 Å². The molecule has 0 saturated carbocycles. The van der Waals surface area contributed by atoms with Crippen LogP contribution < -0.4 is 10.6 Å². The second-order valence-corrected chi connectivity index (χ2v) is 6.69. The molecule has 26 heavy (non-hydrogen) atoms. The summed E-state index contributed by atoms with van der Waals surface area (Å²) in [6.45, 7) is 1.77. The Balaban J connectivity index is 1.71. The Morgan fingerprint density at radius 1 is 0.962 bits per heavy atom. The molecular weight excluding hydrogens is 351 g/mol. The van der Waals surface area contributed by atoms with Gasteiger partial charge in [-0.1, -0.05) is 25.1 Å². The summed E-state index contributed by atoms with van der Waals surface area (Å²) >= 11 is 1.33. The van der Waals surface area contributed by atoms with Gasteiger partial charge in [0, 0.05) is 22.7 Å². The molecule has 132 valence electrons. The number of thiophene rings is 1. The van der Waals surface area contributed by atoms with Gasteiger partial charge in [0.2, 0.25) is 5.91 Å². The smallest absolute Gasteiger partial charge is 0.265 e. The van der Waals surface area contributed by atoms with Crippen molar-refractivity contribution in [3.63, 3.8) is 0 Å². The number of rotatable bonds is 5. The zero-order valence-corrected chi connectivity index (χ0v) is 14.9. The van der Waals surface area contributed by atoms with Gasteiger partial charge in [-0.3, -0.25) is 9.59 Å². The predicted octanol–water partition coefficient (Wildman–Crippen LogP) is 5.16. The molecule has 2 N–H and O–H groups in total. The van der Waals surface area contributed by atoms with Gasteiger partial charge in [-0.2, -0.15) is 0 Å². The number of carbonyl (C=O) groups is 2. The Labute approximate surface area is 154 Å². The van der Waals surface area contributed by atoms with Gasteiger partial charge in [0.15, 0.2) is 0 Å². The van der Waals surface area contributed by atoms with Gasteiger partial charge in [0.05, 0.1) is 4.88 Å². The number of hydrogen-bond donors (Lipinski definition) is 2. The van der Waals surface area contributed by atoms with E-state index >= 15 is 0 Å². The fourth-order valence-corrected chi connectivity index (χ4v) is 3.25. The summed E-state index contributed by atoms with van der Waals surface area (Å²) in [4.78, 5) is 25.4. The lowest BCUT2D eigenvalue weighted by Crippen LogP contribution is -2.12. The third-order valence-corrected chi connectivity index (χ3v) is 4.82. The first-order valence-corrected chi connectivity index (χ1v) is 8.94. The van der Waals surface area contributed by atoms with E-state index in [1.807, 2.05) is 6.07 Å². The minimum atomic E-state index is -0.293. The van der Waals surface area contributed by atoms with Crippen molar-refractivity contribution in [2.45, 2.75) is 13.3 Å². The number of benzene rings is 2. The van der Waals surface area contributed by atoms with Crippen molar-refractivity contribution in [1.29, 1.82) is 0 Å². The first-order chi connectivity index (χ1) is 12.5. The monoisotopic (exact) mass is 368 g/mol. The van der Waals surface area contributed by atoms with Crippen LogP contribution in [0.3, 0.4) is 0 Å². The topological polar surface area (TPSA) is 58.2 Å². The van der Waals surface area contributed by atoms with Crippen molar-refractivity contribution in [2.75, 3.05) is 10.6 Å². The molecule has 0 aliphatic rings. The summed E-state index contributed by atoms with van der Waals surface area (Å²) in [5.41, 5.74) is 2.09. The third-order valence-electron chi connectivity index (χ3n) is 3.68. The lowest BCUT2D eigenvalue weighted by Gasteiger charge is -2.07. The number of hydrogen-bond acceptors (Lipinski definition) is 3. The van der Waals surface area contributed by atoms with Crippen LogP contribution in [0.25, 0.3) is 10.4 Å². The Kier molecular flexibility index (Phi) is 5.43. The lowest BCUT2D eigenvalue weighted by molar-refractivity contribution is -0.115. The molecule has 0 fully saturated rings. The van der Waals surface area contributed by atoms with E-state index in [-0.39, 0.29) is 17.6 Å². The van der Waals surface area contributed by atoms with Crippen molar-refractivity contribution in [3.8, 4) is 10.4 Å². The summed E-state index contributed by atoms with van der Waals surface area (Å²) in [7, 11) is 0. The molecule has 0 aliphatic carbocycles. The van der Waals surface area contributed by atoms with Gasteiger partial charge in [-0.15, -0.1) is 11.3 Å². The molecule has 2 amide bonds. The number of nitrogens with one attached hydrogen (secondary N) is 2. The van der Waals surface area contributed by atoms with E-state index in [0.29, 0.717) is 22.7 Å². The molecule has 0 spiro atoms. The normalized spacial score (nSPS) is 10.4. The molecule has 1 heterocycles. The molecule has 0 radical (unpaired) electrons. The standard InChI is InChI=1S/C20H17FN2O2S/c1-2-19(24)22-15-4-3-5-16(12-15)23-20(25)18-11-10-17(26-18)13-6-8-14(21)9-7-13/h3-12H,2H2,1H3,(H,22,24)(H,23,25). The van der Waals surface area contributed by atoms with Crippen LogP contribution in [0.5, 0.6) is 0 Å². The molecule has 3 aromatic rings. The van der Waals surface area contributed by atoms with Crippen LogP contribution >= 0.6 is 11.3 Å². The first-order valence-electron chi connectivity index (χ1n) is 8.12. The fraction of sp³-hybridized carbons (Fsp3) is 0.100. The van der Waals surface area contributed by atoms with Crippen molar-refractivity contribution in [3.05, 3.63) is 71.4 Å². The Bertz CT molecular complexity index is 935. The van der Waals surface area contributed by atoms with Crippen LogP contribution in [0.2, 0.25) is 0 Å². The molecule has 3 rings (SSSR count). The van der Waals surface area contributed by atoms with E-state index in [0.717, 1.165) is 10.4 Å². The average Bonchev–Trinajstić information content (AvgIpc) is 3.13.